The maximum atomic E-state index is 11.4. The van der Waals surface area contributed by atoms with E-state index in [-0.39, 0.29) is 31.7 Å². The molecule has 0 aromatic heterocycles. The second kappa shape index (κ2) is 5.25. The molecule has 0 spiro atoms. The third kappa shape index (κ3) is 3.17. The first-order valence-corrected chi connectivity index (χ1v) is 6.00. The molecule has 5 nitrogen and oxygen atoms in total. The number of benzene rings is 1. The van der Waals surface area contributed by atoms with Crippen LogP contribution in [0.3, 0.4) is 0 Å². The van der Waals surface area contributed by atoms with Gasteiger partial charge in [-0.3, -0.25) is 0 Å². The van der Waals surface area contributed by atoms with E-state index in [4.69, 9.17) is 5.26 Å². The molecule has 0 atom stereocenters. The summed E-state index contributed by atoms with van der Waals surface area (Å²) >= 11 is -0.348. The van der Waals surface area contributed by atoms with Crippen LogP contribution in [0.1, 0.15) is 10.4 Å². The van der Waals surface area contributed by atoms with Crippen molar-refractivity contribution in [1.82, 2.24) is 0 Å². The third-order valence-corrected chi connectivity index (χ3v) is 2.79. The van der Waals surface area contributed by atoms with E-state index in [1.54, 1.807) is 0 Å². The number of non-ortho nitro benzene ring substituents is 1. The monoisotopic (exact) mass is 270 g/mol. The fourth-order valence-corrected chi connectivity index (χ4v) is 1.71. The Labute approximate surface area is 92.0 Å². The fraction of sp³-hybridized carbons (Fsp3) is 0.111. The van der Waals surface area contributed by atoms with Crippen molar-refractivity contribution in [3.63, 3.8) is 0 Å². The number of nitriles is 1. The van der Waals surface area contributed by atoms with Gasteiger partial charge in [0, 0.05) is 0 Å². The average Bonchev–Trinajstić information content (AvgIpc) is 2.26. The SMILES string of the molecule is N#C[Se]CC(=O)c1ccc([N+](=O)[O-])cc1. The van der Waals surface area contributed by atoms with Crippen molar-refractivity contribution < 1.29 is 9.72 Å². The summed E-state index contributed by atoms with van der Waals surface area (Å²) in [6.07, 6.45) is 0. The molecule has 6 heteroatoms. The number of nitro benzene ring substituents is 1. The summed E-state index contributed by atoms with van der Waals surface area (Å²) in [5, 5.41) is 18.9. The van der Waals surface area contributed by atoms with Gasteiger partial charge in [-0.05, 0) is 0 Å². The molecule has 0 amide bonds. The van der Waals surface area contributed by atoms with Crippen LogP contribution >= 0.6 is 0 Å². The molecule has 0 saturated heterocycles. The van der Waals surface area contributed by atoms with E-state index < -0.39 is 4.92 Å². The number of Topliss-reactive ketones (excluding diaryl/α,β-unsaturated/α-hetero) is 1. The zero-order valence-electron chi connectivity index (χ0n) is 7.54. The molecule has 0 saturated carbocycles. The van der Waals surface area contributed by atoms with E-state index in [9.17, 15) is 14.9 Å². The van der Waals surface area contributed by atoms with Gasteiger partial charge in [0.2, 0.25) is 0 Å². The summed E-state index contributed by atoms with van der Waals surface area (Å²) < 4.78 is 0. The number of carbonyl (C=O) groups is 1. The molecule has 0 aliphatic heterocycles. The molecule has 76 valence electrons. The van der Waals surface area contributed by atoms with E-state index in [2.05, 4.69) is 0 Å². The Morgan fingerprint density at radius 1 is 1.47 bits per heavy atom. The summed E-state index contributed by atoms with van der Waals surface area (Å²) in [5.41, 5.74) is 0.370. The van der Waals surface area contributed by atoms with Crippen LogP contribution in [-0.4, -0.2) is 25.7 Å². The molecule has 0 radical (unpaired) electrons. The van der Waals surface area contributed by atoms with Gasteiger partial charge in [0.15, 0.2) is 0 Å². The van der Waals surface area contributed by atoms with Gasteiger partial charge in [0.25, 0.3) is 0 Å². The van der Waals surface area contributed by atoms with Crippen LogP contribution in [-0.2, 0) is 0 Å². The first-order chi connectivity index (χ1) is 7.15. The molecular formula is C9H6N2O3Se. The van der Waals surface area contributed by atoms with E-state index in [0.29, 0.717) is 5.56 Å². The Kier molecular flexibility index (Phi) is 3.98. The van der Waals surface area contributed by atoms with Crippen LogP contribution in [0.15, 0.2) is 24.3 Å². The average molecular weight is 269 g/mol. The number of ketones is 1. The molecule has 0 fully saturated rings. The van der Waals surface area contributed by atoms with Crippen LogP contribution < -0.4 is 0 Å². The van der Waals surface area contributed by atoms with Crippen LogP contribution in [0.4, 0.5) is 5.69 Å². The van der Waals surface area contributed by atoms with Crippen molar-refractivity contribution in [3.8, 4) is 4.97 Å². The summed E-state index contributed by atoms with van der Waals surface area (Å²) in [6.45, 7) is 0. The Morgan fingerprint density at radius 3 is 2.53 bits per heavy atom. The van der Waals surface area contributed by atoms with Crippen LogP contribution in [0.5, 0.6) is 0 Å². The van der Waals surface area contributed by atoms with Crippen LogP contribution in [0.25, 0.3) is 0 Å². The predicted molar refractivity (Wildman–Crippen MR) is 53.6 cm³/mol. The van der Waals surface area contributed by atoms with Crippen molar-refractivity contribution in [2.45, 2.75) is 5.32 Å². The first-order valence-electron chi connectivity index (χ1n) is 3.93. The van der Waals surface area contributed by atoms with Gasteiger partial charge in [-0.1, -0.05) is 0 Å². The molecule has 1 rings (SSSR count). The van der Waals surface area contributed by atoms with E-state index >= 15 is 0 Å². The summed E-state index contributed by atoms with van der Waals surface area (Å²) in [5.74, 6) is -0.147. The molecule has 1 aromatic carbocycles. The molecule has 0 unspecified atom stereocenters. The topological polar surface area (TPSA) is 84.0 Å². The van der Waals surface area contributed by atoms with Gasteiger partial charge in [0.05, 0.1) is 0 Å². The van der Waals surface area contributed by atoms with E-state index in [1.165, 1.54) is 24.3 Å². The van der Waals surface area contributed by atoms with Crippen molar-refractivity contribution in [2.24, 2.45) is 0 Å². The van der Waals surface area contributed by atoms with Crippen molar-refractivity contribution in [2.75, 3.05) is 0 Å². The Balaban J connectivity index is 2.76. The standard InChI is InChI=1S/C9H6N2O3Se/c10-6-15-5-9(12)7-1-3-8(4-2-7)11(13)14/h1-4H,5H2. The molecule has 0 N–H and O–H groups in total. The Bertz CT molecular complexity index is 422. The second-order valence-electron chi connectivity index (χ2n) is 2.61. The van der Waals surface area contributed by atoms with Crippen molar-refractivity contribution >= 4 is 26.4 Å². The quantitative estimate of drug-likeness (QED) is 0.358. The zero-order valence-corrected chi connectivity index (χ0v) is 9.26. The van der Waals surface area contributed by atoms with Gasteiger partial charge in [-0.15, -0.1) is 0 Å². The van der Waals surface area contributed by atoms with Gasteiger partial charge in [0.1, 0.15) is 0 Å². The maximum absolute atomic E-state index is 11.4. The minimum atomic E-state index is -0.520. The fourth-order valence-electron chi connectivity index (χ4n) is 0.950. The Morgan fingerprint density at radius 2 is 2.07 bits per heavy atom. The zero-order chi connectivity index (χ0) is 11.3. The number of nitro groups is 1. The van der Waals surface area contributed by atoms with Gasteiger partial charge in [-0.2, -0.15) is 0 Å². The number of carbonyl (C=O) groups excluding carboxylic acids is 1. The number of nitrogens with zero attached hydrogens (tertiary/aromatic N) is 2. The van der Waals surface area contributed by atoms with Gasteiger partial charge < -0.3 is 0 Å². The second-order valence-corrected chi connectivity index (χ2v) is 4.20. The molecular weight excluding hydrogens is 263 g/mol. The number of rotatable bonds is 4. The van der Waals surface area contributed by atoms with Gasteiger partial charge in [-0.25, -0.2) is 0 Å². The van der Waals surface area contributed by atoms with Crippen LogP contribution in [0, 0.1) is 20.3 Å². The van der Waals surface area contributed by atoms with Crippen molar-refractivity contribution in [3.05, 3.63) is 39.9 Å². The summed E-state index contributed by atoms with van der Waals surface area (Å²) in [7, 11) is 0. The van der Waals surface area contributed by atoms with E-state index in [0.717, 1.165) is 0 Å². The molecule has 1 aromatic rings. The van der Waals surface area contributed by atoms with Crippen molar-refractivity contribution in [1.29, 1.82) is 5.26 Å². The number of hydrogen-bond acceptors (Lipinski definition) is 4. The third-order valence-electron chi connectivity index (χ3n) is 1.67. The molecule has 0 aliphatic rings. The predicted octanol–water partition coefficient (Wildman–Crippen LogP) is 1.38. The molecule has 0 heterocycles. The van der Waals surface area contributed by atoms with Crippen LogP contribution in [0.2, 0.25) is 5.32 Å². The first kappa shape index (κ1) is 11.4. The number of hydrogen-bond donors (Lipinski definition) is 0. The molecule has 0 bridgehead atoms. The Hall–Kier alpha value is -1.70. The molecule has 0 aliphatic carbocycles. The normalized spacial score (nSPS) is 9.27. The van der Waals surface area contributed by atoms with E-state index in [1.807, 2.05) is 4.97 Å². The minimum absolute atomic E-state index is 0.0441. The van der Waals surface area contributed by atoms with Gasteiger partial charge >= 0.3 is 91.6 Å². The molecule has 15 heavy (non-hydrogen) atoms. The summed E-state index contributed by atoms with van der Waals surface area (Å²) in [4.78, 5) is 23.1. The summed E-state index contributed by atoms with van der Waals surface area (Å²) in [6, 6.07) is 5.39.